The minimum Gasteiger partial charge on any atom is -0.478 e. The van der Waals surface area contributed by atoms with Gasteiger partial charge in [0.2, 0.25) is 11.8 Å². The molecular formula is C30H30N6O5. The van der Waals surface area contributed by atoms with Crippen LogP contribution >= 0.6 is 0 Å². The first kappa shape index (κ1) is 28.6. The number of aryl methyl sites for hydroxylation is 1. The summed E-state index contributed by atoms with van der Waals surface area (Å²) in [5.74, 6) is -1.73. The van der Waals surface area contributed by atoms with E-state index in [9.17, 15) is 19.2 Å². The first-order chi connectivity index (χ1) is 19.8. The summed E-state index contributed by atoms with van der Waals surface area (Å²) in [6, 6.07) is 19.8. The van der Waals surface area contributed by atoms with Crippen molar-refractivity contribution in [3.8, 4) is 0 Å². The second-order valence-corrected chi connectivity index (χ2v) is 9.32. The van der Waals surface area contributed by atoms with E-state index in [4.69, 9.17) is 5.11 Å². The zero-order valence-corrected chi connectivity index (χ0v) is 22.4. The van der Waals surface area contributed by atoms with Crippen molar-refractivity contribution in [1.29, 1.82) is 0 Å². The Balaban J connectivity index is 1.36. The summed E-state index contributed by atoms with van der Waals surface area (Å²) < 4.78 is 0. The minimum atomic E-state index is -1.06. The average molecular weight is 555 g/mol. The molecule has 0 aliphatic heterocycles. The van der Waals surface area contributed by atoms with Gasteiger partial charge in [-0.15, -0.1) is 0 Å². The third kappa shape index (κ3) is 8.52. The smallest absolute Gasteiger partial charge is 0.335 e. The van der Waals surface area contributed by atoms with E-state index < -0.39 is 11.9 Å². The molecule has 4 amide bonds. The summed E-state index contributed by atoms with van der Waals surface area (Å²) in [4.78, 5) is 58.0. The summed E-state index contributed by atoms with van der Waals surface area (Å²) in [5.41, 5.74) is 4.22. The lowest BCUT2D eigenvalue weighted by molar-refractivity contribution is -0.134. The van der Waals surface area contributed by atoms with Crippen LogP contribution in [0.15, 0.2) is 85.3 Å². The number of nitrogens with one attached hydrogen (secondary N) is 4. The van der Waals surface area contributed by atoms with E-state index >= 15 is 0 Å². The number of carbonyl (C=O) groups is 4. The molecule has 11 heteroatoms. The normalized spacial score (nSPS) is 10.5. The Morgan fingerprint density at radius 2 is 1.56 bits per heavy atom. The number of carboxylic acids is 1. The Morgan fingerprint density at radius 1 is 0.878 bits per heavy atom. The highest BCUT2D eigenvalue weighted by atomic mass is 16.4. The SMILES string of the molecule is Cc1ccccc1NC(=O)Nc1ccc(CC(=O)N(CCc2c[nH]cn2)CC(=O)Nc2ccc(C(=O)O)cc2)cc1. The van der Waals surface area contributed by atoms with Gasteiger partial charge in [0, 0.05) is 36.2 Å². The van der Waals surface area contributed by atoms with Crippen LogP contribution in [0, 0.1) is 6.92 Å². The van der Waals surface area contributed by atoms with Crippen molar-refractivity contribution in [2.45, 2.75) is 19.8 Å². The molecule has 210 valence electrons. The van der Waals surface area contributed by atoms with E-state index in [1.807, 2.05) is 31.2 Å². The Morgan fingerprint density at radius 3 is 2.22 bits per heavy atom. The molecule has 1 aromatic heterocycles. The van der Waals surface area contributed by atoms with Crippen LogP contribution in [-0.2, 0) is 22.4 Å². The van der Waals surface area contributed by atoms with Crippen molar-refractivity contribution in [2.75, 3.05) is 29.0 Å². The molecule has 4 rings (SSSR count). The van der Waals surface area contributed by atoms with Gasteiger partial charge in [-0.25, -0.2) is 14.6 Å². The molecule has 0 spiro atoms. The van der Waals surface area contributed by atoms with Crippen LogP contribution in [-0.4, -0.2) is 56.9 Å². The first-order valence-electron chi connectivity index (χ1n) is 12.9. The Hall–Kier alpha value is -5.45. The summed E-state index contributed by atoms with van der Waals surface area (Å²) in [5, 5.41) is 17.3. The van der Waals surface area contributed by atoms with Gasteiger partial charge < -0.3 is 30.9 Å². The molecular weight excluding hydrogens is 524 g/mol. The number of aromatic carboxylic acids is 1. The Labute approximate surface area is 236 Å². The van der Waals surface area contributed by atoms with Crippen molar-refractivity contribution in [3.63, 3.8) is 0 Å². The molecule has 5 N–H and O–H groups in total. The largest absolute Gasteiger partial charge is 0.478 e. The third-order valence-corrected chi connectivity index (χ3v) is 6.26. The van der Waals surface area contributed by atoms with Gasteiger partial charge in [-0.1, -0.05) is 30.3 Å². The van der Waals surface area contributed by atoms with E-state index in [2.05, 4.69) is 25.9 Å². The van der Waals surface area contributed by atoms with Gasteiger partial charge in [0.25, 0.3) is 0 Å². The third-order valence-electron chi connectivity index (χ3n) is 6.26. The number of para-hydroxylation sites is 1. The van der Waals surface area contributed by atoms with Crippen molar-refractivity contribution >= 4 is 40.9 Å². The van der Waals surface area contributed by atoms with E-state index in [1.165, 1.54) is 29.2 Å². The number of carbonyl (C=O) groups excluding carboxylic acids is 3. The lowest BCUT2D eigenvalue weighted by Gasteiger charge is -2.22. The number of hydrogen-bond acceptors (Lipinski definition) is 5. The van der Waals surface area contributed by atoms with Crippen LogP contribution in [0.1, 0.15) is 27.2 Å². The van der Waals surface area contributed by atoms with Crippen molar-refractivity contribution in [3.05, 3.63) is 108 Å². The lowest BCUT2D eigenvalue weighted by atomic mass is 10.1. The molecule has 0 aliphatic rings. The van der Waals surface area contributed by atoms with Crippen LogP contribution in [0.5, 0.6) is 0 Å². The number of rotatable bonds is 11. The van der Waals surface area contributed by atoms with Gasteiger partial charge in [0.1, 0.15) is 0 Å². The molecule has 0 aliphatic carbocycles. The number of anilines is 3. The fraction of sp³-hybridized carbons (Fsp3) is 0.167. The number of aromatic nitrogens is 2. The molecule has 1 heterocycles. The molecule has 4 aromatic rings. The molecule has 0 atom stereocenters. The van der Waals surface area contributed by atoms with Gasteiger partial charge >= 0.3 is 12.0 Å². The minimum absolute atomic E-state index is 0.0524. The maximum absolute atomic E-state index is 13.3. The highest BCUT2D eigenvalue weighted by Gasteiger charge is 2.19. The fourth-order valence-corrected chi connectivity index (χ4v) is 4.03. The number of urea groups is 1. The quantitative estimate of drug-likeness (QED) is 0.186. The standard InChI is InChI=1S/C30H30N6O5/c1-20-4-2-3-5-26(20)35-30(41)34-24-10-6-21(7-11-24)16-28(38)36(15-14-25-17-31-19-32-25)18-27(37)33-23-12-8-22(9-13-23)29(39)40/h2-13,17,19H,14-16,18H2,1H3,(H,31,32)(H,33,37)(H,39,40)(H2,34,35,41). The van der Waals surface area contributed by atoms with Crippen LogP contribution in [0.3, 0.4) is 0 Å². The van der Waals surface area contributed by atoms with Gasteiger partial charge in [-0.3, -0.25) is 9.59 Å². The van der Waals surface area contributed by atoms with E-state index in [-0.39, 0.29) is 37.0 Å². The molecule has 0 unspecified atom stereocenters. The number of imidazole rings is 1. The fourth-order valence-electron chi connectivity index (χ4n) is 4.03. The summed E-state index contributed by atoms with van der Waals surface area (Å²) >= 11 is 0. The molecule has 3 aromatic carbocycles. The van der Waals surface area contributed by atoms with Gasteiger partial charge in [-0.05, 0) is 60.5 Å². The Bertz CT molecular complexity index is 1500. The number of H-pyrrole nitrogens is 1. The summed E-state index contributed by atoms with van der Waals surface area (Å²) in [6.45, 7) is 1.98. The van der Waals surface area contributed by atoms with Crippen molar-refractivity contribution in [2.24, 2.45) is 0 Å². The number of benzene rings is 3. The lowest BCUT2D eigenvalue weighted by Crippen LogP contribution is -2.40. The van der Waals surface area contributed by atoms with Gasteiger partial charge in [-0.2, -0.15) is 0 Å². The van der Waals surface area contributed by atoms with E-state index in [1.54, 1.807) is 36.8 Å². The maximum Gasteiger partial charge on any atom is 0.335 e. The number of nitrogens with zero attached hydrogens (tertiary/aromatic N) is 2. The number of aromatic amines is 1. The first-order valence-corrected chi connectivity index (χ1v) is 12.9. The number of carboxylic acid groups (broad SMARTS) is 1. The molecule has 11 nitrogen and oxygen atoms in total. The predicted molar refractivity (Wildman–Crippen MR) is 155 cm³/mol. The zero-order valence-electron chi connectivity index (χ0n) is 22.4. The van der Waals surface area contributed by atoms with Crippen molar-refractivity contribution < 1.29 is 24.3 Å². The summed E-state index contributed by atoms with van der Waals surface area (Å²) in [6.07, 6.45) is 3.78. The molecule has 0 saturated heterocycles. The van der Waals surface area contributed by atoms with Gasteiger partial charge in [0.05, 0.1) is 30.6 Å². The summed E-state index contributed by atoms with van der Waals surface area (Å²) in [7, 11) is 0. The zero-order chi connectivity index (χ0) is 29.2. The van der Waals surface area contributed by atoms with Crippen LogP contribution in [0.25, 0.3) is 0 Å². The van der Waals surface area contributed by atoms with Gasteiger partial charge in [0.15, 0.2) is 0 Å². The maximum atomic E-state index is 13.3. The highest BCUT2D eigenvalue weighted by Crippen LogP contribution is 2.16. The van der Waals surface area contributed by atoms with Crippen LogP contribution in [0.2, 0.25) is 0 Å². The average Bonchev–Trinajstić information content (AvgIpc) is 3.47. The molecule has 41 heavy (non-hydrogen) atoms. The second kappa shape index (κ2) is 13.6. The molecule has 0 fully saturated rings. The van der Waals surface area contributed by atoms with Crippen molar-refractivity contribution in [1.82, 2.24) is 14.9 Å². The second-order valence-electron chi connectivity index (χ2n) is 9.32. The predicted octanol–water partition coefficient (Wildman–Crippen LogP) is 4.31. The monoisotopic (exact) mass is 554 g/mol. The molecule has 0 bridgehead atoms. The Kier molecular flexibility index (Phi) is 9.45. The highest BCUT2D eigenvalue weighted by molar-refractivity contribution is 6.00. The molecule has 0 radical (unpaired) electrons. The topological polar surface area (TPSA) is 157 Å². The number of amides is 4. The molecule has 0 saturated carbocycles. The number of hydrogen-bond donors (Lipinski definition) is 5. The van der Waals surface area contributed by atoms with Crippen LogP contribution < -0.4 is 16.0 Å². The van der Waals surface area contributed by atoms with E-state index in [0.29, 0.717) is 29.0 Å². The van der Waals surface area contributed by atoms with Crippen LogP contribution in [0.4, 0.5) is 21.9 Å². The van der Waals surface area contributed by atoms with E-state index in [0.717, 1.165) is 11.3 Å².